The molecule has 2 amide bonds. The molecule has 2 atom stereocenters. The van der Waals surface area contributed by atoms with Crippen molar-refractivity contribution in [1.29, 1.82) is 0 Å². The maximum Gasteiger partial charge on any atom is 0.253 e. The van der Waals surface area contributed by atoms with Gasteiger partial charge < -0.3 is 14.8 Å². The van der Waals surface area contributed by atoms with Crippen LogP contribution in [-0.2, 0) is 24.1 Å². The van der Waals surface area contributed by atoms with Crippen LogP contribution in [0.15, 0.2) is 42.7 Å². The number of H-pyrrole nitrogens is 1. The summed E-state index contributed by atoms with van der Waals surface area (Å²) in [5.74, 6) is -2.96. The zero-order valence-electron chi connectivity index (χ0n) is 21.9. The van der Waals surface area contributed by atoms with Gasteiger partial charge in [-0.15, -0.1) is 0 Å². The Hall–Kier alpha value is -2.97. The molecule has 10 heteroatoms. The highest BCUT2D eigenvalue weighted by Crippen LogP contribution is 2.37. The lowest BCUT2D eigenvalue weighted by Gasteiger charge is -2.31. The number of aryl methyl sites for hydroxylation is 1. The Labute approximate surface area is 241 Å². The number of imidazole rings is 1. The van der Waals surface area contributed by atoms with Crippen LogP contribution in [0.3, 0.4) is 0 Å². The van der Waals surface area contributed by atoms with E-state index in [0.717, 1.165) is 54.6 Å². The summed E-state index contributed by atoms with van der Waals surface area (Å²) in [6, 6.07) is 10.9. The van der Waals surface area contributed by atoms with E-state index in [0.29, 0.717) is 22.0 Å². The molecule has 1 unspecified atom stereocenters. The average Bonchev–Trinajstić information content (AvgIpc) is 3.56. The van der Waals surface area contributed by atoms with Crippen LogP contribution in [0, 0.1) is 5.92 Å². The Kier molecular flexibility index (Phi) is 7.34. The summed E-state index contributed by atoms with van der Waals surface area (Å²) in [5, 5.41) is 1.00. The van der Waals surface area contributed by atoms with Gasteiger partial charge in [0.1, 0.15) is 0 Å². The molecule has 210 valence electrons. The van der Waals surface area contributed by atoms with Gasteiger partial charge in [0.15, 0.2) is 0 Å². The van der Waals surface area contributed by atoms with E-state index >= 15 is 0 Å². The number of likely N-dealkylation sites (tertiary alicyclic amines) is 2. The first kappa shape index (κ1) is 27.2. The fraction of sp³-hybridized carbons (Fsp3) is 0.433. The van der Waals surface area contributed by atoms with E-state index < -0.39 is 5.92 Å². The van der Waals surface area contributed by atoms with Crippen molar-refractivity contribution in [3.63, 3.8) is 0 Å². The molecule has 1 aliphatic carbocycles. The molecule has 3 aliphatic rings. The fourth-order valence-electron chi connectivity index (χ4n) is 6.19. The number of hydrogen-bond acceptors (Lipinski definition) is 3. The van der Waals surface area contributed by atoms with Crippen LogP contribution in [0.4, 0.5) is 8.78 Å². The number of hydrogen-bond donors (Lipinski definition) is 1. The molecule has 2 fully saturated rings. The first-order valence-electron chi connectivity index (χ1n) is 13.8. The molecule has 2 aromatic carbocycles. The normalized spacial score (nSPS) is 22.4. The Bertz CT molecular complexity index is 1410. The molecule has 0 bridgehead atoms. The van der Waals surface area contributed by atoms with Crippen molar-refractivity contribution in [3.8, 4) is 11.1 Å². The minimum Gasteiger partial charge on any atom is -0.348 e. The first-order chi connectivity index (χ1) is 19.2. The number of nitrogens with one attached hydrogen (secondary N) is 1. The quantitative estimate of drug-likeness (QED) is 0.387. The standard InChI is InChI=1S/C30H30Cl2F2N4O2/c31-24-14-21(18-1-3-19(4-2-18)28(39)37-11-8-30(33,34)9-12-37)15-25(32)23(24)13-20-7-10-38(29(20)40)22-5-6-26-27(16-22)36-17-35-26/h1-4,14-15,17,20,22H,5-13,16H2,(H,35,36)/t20-,22?/m0/s1. The Morgan fingerprint density at radius 1 is 1.02 bits per heavy atom. The third-order valence-electron chi connectivity index (χ3n) is 8.59. The van der Waals surface area contributed by atoms with Crippen molar-refractivity contribution in [2.45, 2.75) is 56.9 Å². The Morgan fingerprint density at radius 3 is 2.42 bits per heavy atom. The van der Waals surface area contributed by atoms with Crippen LogP contribution in [0.1, 0.15) is 53.0 Å². The van der Waals surface area contributed by atoms with E-state index in [1.54, 1.807) is 30.6 Å². The number of carbonyl (C=O) groups excluding carboxylic acids is 2. The molecule has 6 nitrogen and oxygen atoms in total. The van der Waals surface area contributed by atoms with Gasteiger partial charge in [-0.1, -0.05) is 35.3 Å². The Morgan fingerprint density at radius 2 is 1.73 bits per heavy atom. The van der Waals surface area contributed by atoms with Crippen molar-refractivity contribution in [2.75, 3.05) is 19.6 Å². The second-order valence-corrected chi connectivity index (χ2v) is 11.9. The molecule has 0 saturated carbocycles. The summed E-state index contributed by atoms with van der Waals surface area (Å²) < 4.78 is 26.9. The van der Waals surface area contributed by atoms with Gasteiger partial charge in [0.25, 0.3) is 11.8 Å². The molecule has 1 aromatic heterocycles. The highest BCUT2D eigenvalue weighted by Gasteiger charge is 2.38. The second kappa shape index (κ2) is 10.8. The van der Waals surface area contributed by atoms with E-state index in [-0.39, 0.29) is 49.7 Å². The fourth-order valence-corrected chi connectivity index (χ4v) is 6.84. The maximum absolute atomic E-state index is 13.5. The molecule has 40 heavy (non-hydrogen) atoms. The van der Waals surface area contributed by atoms with Crippen molar-refractivity contribution in [2.24, 2.45) is 5.92 Å². The number of fused-ring (bicyclic) bond motifs is 1. The molecule has 3 heterocycles. The lowest BCUT2D eigenvalue weighted by atomic mass is 9.94. The van der Waals surface area contributed by atoms with E-state index in [2.05, 4.69) is 9.97 Å². The number of halogens is 4. The zero-order valence-corrected chi connectivity index (χ0v) is 23.4. The Balaban J connectivity index is 1.11. The third-order valence-corrected chi connectivity index (χ3v) is 9.27. The molecular formula is C30H30Cl2F2N4O2. The predicted octanol–water partition coefficient (Wildman–Crippen LogP) is 6.20. The van der Waals surface area contributed by atoms with Gasteiger partial charge in [0.05, 0.1) is 12.0 Å². The number of piperidine rings is 1. The monoisotopic (exact) mass is 586 g/mol. The summed E-state index contributed by atoms with van der Waals surface area (Å²) in [7, 11) is 0. The molecule has 0 spiro atoms. The van der Waals surface area contributed by atoms with Crippen LogP contribution < -0.4 is 0 Å². The van der Waals surface area contributed by atoms with E-state index in [9.17, 15) is 18.4 Å². The van der Waals surface area contributed by atoms with Crippen LogP contribution in [0.25, 0.3) is 11.1 Å². The second-order valence-electron chi connectivity index (χ2n) is 11.1. The molecule has 2 aliphatic heterocycles. The summed E-state index contributed by atoms with van der Waals surface area (Å²) in [6.45, 7) is 0.826. The number of rotatable bonds is 5. The van der Waals surface area contributed by atoms with Crippen molar-refractivity contribution in [3.05, 3.63) is 75.3 Å². The smallest absolute Gasteiger partial charge is 0.253 e. The van der Waals surface area contributed by atoms with Gasteiger partial charge >= 0.3 is 0 Å². The molecule has 3 aromatic rings. The predicted molar refractivity (Wildman–Crippen MR) is 150 cm³/mol. The van der Waals surface area contributed by atoms with Gasteiger partial charge in [-0.05, 0) is 66.6 Å². The summed E-state index contributed by atoms with van der Waals surface area (Å²) in [4.78, 5) is 37.2. The minimum absolute atomic E-state index is 0.0488. The number of nitrogens with zero attached hydrogens (tertiary/aromatic N) is 3. The van der Waals surface area contributed by atoms with Crippen molar-refractivity contribution >= 4 is 35.0 Å². The highest BCUT2D eigenvalue weighted by atomic mass is 35.5. The van der Waals surface area contributed by atoms with Crippen LogP contribution in [0.2, 0.25) is 10.0 Å². The van der Waals surface area contributed by atoms with Gasteiger partial charge in [0.2, 0.25) is 5.91 Å². The third kappa shape index (κ3) is 5.36. The topological polar surface area (TPSA) is 69.3 Å². The number of benzene rings is 2. The maximum atomic E-state index is 13.5. The van der Waals surface area contributed by atoms with Gasteiger partial charge in [-0.2, -0.15) is 0 Å². The van der Waals surface area contributed by atoms with Crippen LogP contribution in [0.5, 0.6) is 0 Å². The highest BCUT2D eigenvalue weighted by molar-refractivity contribution is 6.36. The number of amides is 2. The number of aromatic amines is 1. The summed E-state index contributed by atoms with van der Waals surface area (Å²) in [6.07, 6.45) is 4.98. The number of carbonyl (C=O) groups is 2. The molecule has 2 saturated heterocycles. The molecule has 1 N–H and O–H groups in total. The van der Waals surface area contributed by atoms with Gasteiger partial charge in [0, 0.05) is 72.2 Å². The van der Waals surface area contributed by atoms with E-state index in [4.69, 9.17) is 23.2 Å². The van der Waals surface area contributed by atoms with Gasteiger partial charge in [-0.3, -0.25) is 9.59 Å². The van der Waals surface area contributed by atoms with E-state index in [1.807, 2.05) is 17.0 Å². The largest absolute Gasteiger partial charge is 0.348 e. The molecule has 6 rings (SSSR count). The minimum atomic E-state index is -2.70. The molecule has 0 radical (unpaired) electrons. The number of aromatic nitrogens is 2. The van der Waals surface area contributed by atoms with E-state index in [1.165, 1.54) is 10.6 Å². The van der Waals surface area contributed by atoms with Gasteiger partial charge in [-0.25, -0.2) is 13.8 Å². The summed E-state index contributed by atoms with van der Waals surface area (Å²) >= 11 is 13.4. The lowest BCUT2D eigenvalue weighted by Crippen LogP contribution is -2.42. The average molecular weight is 587 g/mol. The van der Waals surface area contributed by atoms with Crippen molar-refractivity contribution < 1.29 is 18.4 Å². The lowest BCUT2D eigenvalue weighted by molar-refractivity contribution is -0.133. The molecular weight excluding hydrogens is 557 g/mol. The SMILES string of the molecule is O=C(c1ccc(-c2cc(Cl)c(C[C@@H]3CCN(C4CCc5[nH]cnc5C4)C3=O)c(Cl)c2)cc1)N1CCC(F)(F)CC1. The van der Waals surface area contributed by atoms with Crippen LogP contribution >= 0.6 is 23.2 Å². The summed E-state index contributed by atoms with van der Waals surface area (Å²) in [5.41, 5.74) is 5.08. The van der Waals surface area contributed by atoms with Crippen LogP contribution in [-0.4, -0.2) is 63.2 Å². The number of alkyl halides is 2. The zero-order chi connectivity index (χ0) is 28.0. The first-order valence-corrected chi connectivity index (χ1v) is 14.5. The van der Waals surface area contributed by atoms with Crippen molar-refractivity contribution in [1.82, 2.24) is 19.8 Å².